The molecule has 1 aliphatic heterocycles. The first-order chi connectivity index (χ1) is 16.9. The highest BCUT2D eigenvalue weighted by Crippen LogP contribution is 2.37. The van der Waals surface area contributed by atoms with Crippen molar-refractivity contribution in [3.05, 3.63) is 46.2 Å². The molecule has 178 valence electrons. The fraction of sp³-hybridized carbons (Fsp3) is 0.292. The highest BCUT2D eigenvalue weighted by Gasteiger charge is 2.28. The van der Waals surface area contributed by atoms with Crippen molar-refractivity contribution in [2.75, 3.05) is 37.5 Å². The molecule has 35 heavy (non-hydrogen) atoms. The molecule has 3 heterocycles. The Balaban J connectivity index is 1.51. The van der Waals surface area contributed by atoms with Gasteiger partial charge in [0.2, 0.25) is 5.13 Å². The van der Waals surface area contributed by atoms with E-state index in [1.165, 1.54) is 24.6 Å². The Morgan fingerprint density at radius 3 is 2.77 bits per heavy atom. The lowest BCUT2D eigenvalue weighted by atomic mass is 9.98. The third-order valence-electron chi connectivity index (χ3n) is 5.73. The van der Waals surface area contributed by atoms with Crippen molar-refractivity contribution < 1.29 is 14.3 Å². The number of nitrogens with zero attached hydrogens (tertiary/aromatic N) is 5. The number of amides is 3. The Morgan fingerprint density at radius 2 is 2.06 bits per heavy atom. The average Bonchev–Trinajstić information content (AvgIpc) is 3.49. The molecule has 1 aromatic carbocycles. The zero-order chi connectivity index (χ0) is 24.5. The van der Waals surface area contributed by atoms with Gasteiger partial charge in [-0.05, 0) is 43.0 Å². The fourth-order valence-corrected chi connectivity index (χ4v) is 4.44. The van der Waals surface area contributed by atoms with Crippen LogP contribution in [-0.4, -0.2) is 59.3 Å². The van der Waals surface area contributed by atoms with E-state index in [0.29, 0.717) is 57.3 Å². The smallest absolute Gasteiger partial charge is 0.324 e. The number of halogens is 1. The SMILES string of the molecule is COc1cnc(Cl)cc1-c1cc(N2CCN(C)C2=O)ccc1C(=O)Nc1nnc(C#CC2CC2)s1. The number of pyridine rings is 1. The van der Waals surface area contributed by atoms with Gasteiger partial charge in [-0.15, -0.1) is 10.2 Å². The number of benzene rings is 1. The summed E-state index contributed by atoms with van der Waals surface area (Å²) in [5.41, 5.74) is 2.14. The summed E-state index contributed by atoms with van der Waals surface area (Å²) in [7, 11) is 3.27. The quantitative estimate of drug-likeness (QED) is 0.410. The van der Waals surface area contributed by atoms with Crippen LogP contribution in [0.15, 0.2) is 30.5 Å². The van der Waals surface area contributed by atoms with E-state index in [1.54, 1.807) is 41.1 Å². The molecule has 1 N–H and O–H groups in total. The standard InChI is InChI=1S/C24H21ClN6O3S/c1-30-9-10-31(24(30)33)15-6-7-16(17(11-15)18-12-20(25)26-13-19(18)34-2)22(32)27-23-29-28-21(35-23)8-5-14-3-4-14/h6-7,11-14H,3-4,9-10H2,1-2H3,(H,27,29,32). The summed E-state index contributed by atoms with van der Waals surface area (Å²) < 4.78 is 5.49. The number of methoxy groups -OCH3 is 1. The van der Waals surface area contributed by atoms with Crippen LogP contribution < -0.4 is 15.0 Å². The number of likely N-dealkylation sites (N-methyl/N-ethyl adjacent to an activating group) is 1. The summed E-state index contributed by atoms with van der Waals surface area (Å²) in [6.07, 6.45) is 3.74. The van der Waals surface area contributed by atoms with Gasteiger partial charge in [-0.25, -0.2) is 9.78 Å². The normalized spacial score (nSPS) is 15.1. The van der Waals surface area contributed by atoms with Crippen molar-refractivity contribution in [3.8, 4) is 28.7 Å². The molecule has 2 aliphatic rings. The van der Waals surface area contributed by atoms with Crippen LogP contribution in [0.4, 0.5) is 15.6 Å². The Kier molecular flexibility index (Phi) is 6.28. The maximum atomic E-state index is 13.3. The molecule has 3 amide bonds. The van der Waals surface area contributed by atoms with Gasteiger partial charge in [0, 0.05) is 48.4 Å². The first kappa shape index (κ1) is 23.1. The fourth-order valence-electron chi connectivity index (χ4n) is 3.68. The van der Waals surface area contributed by atoms with Gasteiger partial charge in [-0.1, -0.05) is 28.9 Å². The van der Waals surface area contributed by atoms with Crippen molar-refractivity contribution in [2.24, 2.45) is 5.92 Å². The van der Waals surface area contributed by atoms with E-state index in [9.17, 15) is 9.59 Å². The number of rotatable bonds is 5. The molecule has 1 saturated heterocycles. The van der Waals surface area contributed by atoms with E-state index in [4.69, 9.17) is 16.3 Å². The summed E-state index contributed by atoms with van der Waals surface area (Å²) in [6.45, 7) is 1.16. The van der Waals surface area contributed by atoms with Crippen LogP contribution >= 0.6 is 22.9 Å². The van der Waals surface area contributed by atoms with E-state index in [2.05, 4.69) is 32.3 Å². The number of hydrogen-bond acceptors (Lipinski definition) is 7. The van der Waals surface area contributed by atoms with Gasteiger partial charge in [0.15, 0.2) is 5.01 Å². The van der Waals surface area contributed by atoms with Gasteiger partial charge in [0.05, 0.1) is 13.3 Å². The first-order valence-corrected chi connectivity index (χ1v) is 12.2. The molecular formula is C24H21ClN6O3S. The molecule has 0 radical (unpaired) electrons. The van der Waals surface area contributed by atoms with Gasteiger partial charge >= 0.3 is 6.03 Å². The maximum absolute atomic E-state index is 13.3. The molecule has 5 rings (SSSR count). The predicted molar refractivity (Wildman–Crippen MR) is 134 cm³/mol. The Hall–Kier alpha value is -3.68. The lowest BCUT2D eigenvalue weighted by molar-refractivity contribution is 0.102. The third kappa shape index (κ3) is 4.92. The predicted octanol–water partition coefficient (Wildman–Crippen LogP) is 4.15. The molecular weight excluding hydrogens is 488 g/mol. The molecule has 0 atom stereocenters. The van der Waals surface area contributed by atoms with Crippen LogP contribution in [0.2, 0.25) is 5.15 Å². The number of aromatic nitrogens is 3. The molecule has 1 saturated carbocycles. The minimum Gasteiger partial charge on any atom is -0.494 e. The summed E-state index contributed by atoms with van der Waals surface area (Å²) in [5, 5.41) is 12.1. The molecule has 1 aliphatic carbocycles. The van der Waals surface area contributed by atoms with Gasteiger partial charge in [-0.3, -0.25) is 15.0 Å². The van der Waals surface area contributed by atoms with Crippen molar-refractivity contribution in [1.29, 1.82) is 0 Å². The second kappa shape index (κ2) is 9.52. The van der Waals surface area contributed by atoms with Crippen LogP contribution in [-0.2, 0) is 0 Å². The minimum atomic E-state index is -0.385. The molecule has 2 fully saturated rings. The van der Waals surface area contributed by atoms with Crippen molar-refractivity contribution in [3.63, 3.8) is 0 Å². The number of anilines is 2. The van der Waals surface area contributed by atoms with Gasteiger partial charge in [0.1, 0.15) is 10.9 Å². The Morgan fingerprint density at radius 1 is 1.23 bits per heavy atom. The van der Waals surface area contributed by atoms with Gasteiger partial charge in [0.25, 0.3) is 5.91 Å². The zero-order valence-corrected chi connectivity index (χ0v) is 20.6. The number of urea groups is 1. The molecule has 3 aromatic rings. The molecule has 11 heteroatoms. The van der Waals surface area contributed by atoms with Crippen LogP contribution in [0, 0.1) is 17.8 Å². The lowest BCUT2D eigenvalue weighted by Crippen LogP contribution is -2.29. The number of hydrogen-bond donors (Lipinski definition) is 1. The lowest BCUT2D eigenvalue weighted by Gasteiger charge is -2.19. The van der Waals surface area contributed by atoms with E-state index in [-0.39, 0.29) is 17.1 Å². The maximum Gasteiger partial charge on any atom is 0.324 e. The summed E-state index contributed by atoms with van der Waals surface area (Å²) >= 11 is 7.41. The van der Waals surface area contributed by atoms with Crippen molar-refractivity contribution in [1.82, 2.24) is 20.1 Å². The van der Waals surface area contributed by atoms with Gasteiger partial charge in [-0.2, -0.15) is 0 Å². The highest BCUT2D eigenvalue weighted by molar-refractivity contribution is 7.15. The second-order valence-corrected chi connectivity index (χ2v) is 9.57. The largest absolute Gasteiger partial charge is 0.494 e. The van der Waals surface area contributed by atoms with E-state index >= 15 is 0 Å². The van der Waals surface area contributed by atoms with E-state index in [0.717, 1.165) is 12.8 Å². The van der Waals surface area contributed by atoms with Crippen molar-refractivity contribution in [2.45, 2.75) is 12.8 Å². The molecule has 0 bridgehead atoms. The highest BCUT2D eigenvalue weighted by atomic mass is 35.5. The average molecular weight is 509 g/mol. The van der Waals surface area contributed by atoms with Crippen LogP contribution in [0.1, 0.15) is 28.2 Å². The van der Waals surface area contributed by atoms with Crippen LogP contribution in [0.3, 0.4) is 0 Å². The molecule has 9 nitrogen and oxygen atoms in total. The molecule has 2 aromatic heterocycles. The number of nitrogens with one attached hydrogen (secondary N) is 1. The van der Waals surface area contributed by atoms with Gasteiger partial charge < -0.3 is 9.64 Å². The number of carbonyl (C=O) groups is 2. The van der Waals surface area contributed by atoms with E-state index in [1.807, 2.05) is 0 Å². The second-order valence-electron chi connectivity index (χ2n) is 8.20. The first-order valence-electron chi connectivity index (χ1n) is 11.0. The monoisotopic (exact) mass is 508 g/mol. The van der Waals surface area contributed by atoms with Crippen LogP contribution in [0.25, 0.3) is 11.1 Å². The molecule has 0 unspecified atom stereocenters. The Labute approximate surface area is 211 Å². The summed E-state index contributed by atoms with van der Waals surface area (Å²) in [5.74, 6) is 6.65. The number of carbonyl (C=O) groups excluding carboxylic acids is 2. The summed E-state index contributed by atoms with van der Waals surface area (Å²) in [6, 6.07) is 6.73. The Bertz CT molecular complexity index is 1380. The van der Waals surface area contributed by atoms with E-state index < -0.39 is 0 Å². The molecule has 0 spiro atoms. The van der Waals surface area contributed by atoms with Crippen molar-refractivity contribution >= 4 is 45.7 Å². The number of ether oxygens (including phenoxy) is 1. The zero-order valence-electron chi connectivity index (χ0n) is 19.0. The summed E-state index contributed by atoms with van der Waals surface area (Å²) in [4.78, 5) is 33.3. The van der Waals surface area contributed by atoms with Crippen LogP contribution in [0.5, 0.6) is 5.75 Å². The minimum absolute atomic E-state index is 0.110. The third-order valence-corrected chi connectivity index (χ3v) is 6.69. The topological polar surface area (TPSA) is 101 Å².